The molecule has 0 saturated heterocycles. The molecule has 1 N–H and O–H groups in total. The van der Waals surface area contributed by atoms with Crippen LogP contribution < -0.4 is 5.32 Å². The van der Waals surface area contributed by atoms with Crippen LogP contribution in [0.5, 0.6) is 0 Å². The second-order valence-corrected chi connectivity index (χ2v) is 12.6. The van der Waals surface area contributed by atoms with Crippen molar-refractivity contribution >= 4 is 65.9 Å². The summed E-state index contributed by atoms with van der Waals surface area (Å²) in [5.41, 5.74) is 7.00. The van der Waals surface area contributed by atoms with Gasteiger partial charge in [0.1, 0.15) is 23.2 Å². The van der Waals surface area contributed by atoms with Crippen molar-refractivity contribution in [3.8, 4) is 11.1 Å². The Morgan fingerprint density at radius 1 is 0.449 bits per heavy atom. The van der Waals surface area contributed by atoms with Crippen LogP contribution in [0.1, 0.15) is 22.9 Å². The predicted molar refractivity (Wildman–Crippen MR) is 204 cm³/mol. The number of rotatable bonds is 4. The highest BCUT2D eigenvalue weighted by molar-refractivity contribution is 6.26. The average molecular weight is 628 g/mol. The summed E-state index contributed by atoms with van der Waals surface area (Å²) in [4.78, 5) is 10.2. The van der Waals surface area contributed by atoms with Crippen LogP contribution in [0.15, 0.2) is 178 Å². The topological polar surface area (TPSA) is 49.9 Å². The maximum atomic E-state index is 6.46. The molecule has 0 fully saturated rings. The molecular weight excluding hydrogens is 599 g/mol. The molecule has 9 aromatic rings. The molecule has 4 nitrogen and oxygen atoms in total. The number of fused-ring (bicyclic) bond motifs is 9. The smallest absolute Gasteiger partial charge is 0.159 e. The Labute approximate surface area is 282 Å². The van der Waals surface area contributed by atoms with Crippen LogP contribution >= 0.6 is 0 Å². The van der Waals surface area contributed by atoms with Crippen molar-refractivity contribution in [1.82, 2.24) is 5.32 Å². The number of hydrogen-bond donors (Lipinski definition) is 1. The number of nitrogens with zero attached hydrogens (tertiary/aromatic N) is 2. The minimum absolute atomic E-state index is 0.281. The van der Waals surface area contributed by atoms with E-state index in [1.54, 1.807) is 0 Å². The Balaban J connectivity index is 1.15. The van der Waals surface area contributed by atoms with Gasteiger partial charge in [-0.1, -0.05) is 140 Å². The number of furan rings is 1. The van der Waals surface area contributed by atoms with Crippen molar-refractivity contribution in [2.45, 2.75) is 6.17 Å². The van der Waals surface area contributed by atoms with E-state index in [1.165, 1.54) is 32.3 Å². The number of nitrogens with one attached hydrogen (secondary N) is 1. The Hall–Kier alpha value is -6.52. The molecule has 0 saturated carbocycles. The zero-order valence-corrected chi connectivity index (χ0v) is 26.5. The van der Waals surface area contributed by atoms with E-state index in [9.17, 15) is 0 Å². The highest BCUT2D eigenvalue weighted by Crippen LogP contribution is 2.39. The van der Waals surface area contributed by atoms with Gasteiger partial charge in [0.25, 0.3) is 0 Å². The van der Waals surface area contributed by atoms with Gasteiger partial charge in [0, 0.05) is 21.9 Å². The first-order chi connectivity index (χ1) is 24.3. The normalized spacial score (nSPS) is 14.7. The number of hydrogen-bond acceptors (Lipinski definition) is 4. The maximum Gasteiger partial charge on any atom is 0.159 e. The van der Waals surface area contributed by atoms with E-state index in [2.05, 4.69) is 121 Å². The summed E-state index contributed by atoms with van der Waals surface area (Å²) in [5.74, 6) is 1.47. The first-order valence-electron chi connectivity index (χ1n) is 16.6. The van der Waals surface area contributed by atoms with Crippen molar-refractivity contribution in [3.63, 3.8) is 0 Å². The number of benzene rings is 8. The molecule has 0 amide bonds. The summed E-state index contributed by atoms with van der Waals surface area (Å²) in [7, 11) is 0. The highest BCUT2D eigenvalue weighted by atomic mass is 16.3. The first-order valence-corrected chi connectivity index (χ1v) is 16.6. The minimum atomic E-state index is -0.281. The van der Waals surface area contributed by atoms with Gasteiger partial charge in [-0.25, -0.2) is 9.98 Å². The monoisotopic (exact) mass is 627 g/mol. The lowest BCUT2D eigenvalue weighted by Crippen LogP contribution is -2.33. The fourth-order valence-electron chi connectivity index (χ4n) is 7.40. The fourth-order valence-corrected chi connectivity index (χ4v) is 7.40. The van der Waals surface area contributed by atoms with Gasteiger partial charge in [0.05, 0.1) is 0 Å². The van der Waals surface area contributed by atoms with Gasteiger partial charge in [-0.15, -0.1) is 0 Å². The molecule has 1 aromatic heterocycles. The van der Waals surface area contributed by atoms with E-state index >= 15 is 0 Å². The molecule has 49 heavy (non-hydrogen) atoms. The lowest BCUT2D eigenvalue weighted by molar-refractivity contribution is 0.668. The third kappa shape index (κ3) is 4.53. The average Bonchev–Trinajstić information content (AvgIpc) is 3.57. The van der Waals surface area contributed by atoms with E-state index in [-0.39, 0.29) is 6.17 Å². The van der Waals surface area contributed by atoms with Gasteiger partial charge in [0.2, 0.25) is 0 Å². The summed E-state index contributed by atoms with van der Waals surface area (Å²) in [6, 6.07) is 57.5. The largest absolute Gasteiger partial charge is 0.456 e. The van der Waals surface area contributed by atoms with E-state index in [1.807, 2.05) is 48.5 Å². The highest BCUT2D eigenvalue weighted by Gasteiger charge is 2.24. The lowest BCUT2D eigenvalue weighted by Gasteiger charge is -2.24. The number of amidine groups is 2. The standard InChI is InChI=1S/C45H29N3O/c1-3-12-28(13-4-1)43-46-44(29-14-5-2-6-15-29)48-45(47-43)37-20-11-21-41-42(37)39-27-31(23-25-40(39)49-41)30-22-24-36-34-18-8-7-16-32(34)33-17-9-10-19-35(33)38(36)26-30/h1-27,43H,(H,46,47,48). The third-order valence-corrected chi connectivity index (χ3v) is 9.72. The maximum absolute atomic E-state index is 6.46. The zero-order chi connectivity index (χ0) is 32.3. The van der Waals surface area contributed by atoms with Gasteiger partial charge in [-0.3, -0.25) is 0 Å². The van der Waals surface area contributed by atoms with Gasteiger partial charge in [0.15, 0.2) is 5.84 Å². The van der Waals surface area contributed by atoms with Crippen LogP contribution in [-0.2, 0) is 0 Å². The van der Waals surface area contributed by atoms with E-state index in [0.29, 0.717) is 5.84 Å². The Morgan fingerprint density at radius 2 is 1.04 bits per heavy atom. The summed E-state index contributed by atoms with van der Waals surface area (Å²) < 4.78 is 6.46. The molecule has 230 valence electrons. The molecule has 0 bridgehead atoms. The van der Waals surface area contributed by atoms with Crippen LogP contribution in [0.2, 0.25) is 0 Å². The van der Waals surface area contributed by atoms with E-state index in [0.717, 1.165) is 55.6 Å². The molecule has 8 aromatic carbocycles. The van der Waals surface area contributed by atoms with Gasteiger partial charge in [-0.05, 0) is 73.3 Å². The van der Waals surface area contributed by atoms with Crippen LogP contribution in [-0.4, -0.2) is 11.7 Å². The lowest BCUT2D eigenvalue weighted by atomic mass is 9.92. The zero-order valence-electron chi connectivity index (χ0n) is 26.5. The van der Waals surface area contributed by atoms with Crippen molar-refractivity contribution in [2.24, 2.45) is 9.98 Å². The predicted octanol–water partition coefficient (Wildman–Crippen LogP) is 11.2. The third-order valence-electron chi connectivity index (χ3n) is 9.72. The quantitative estimate of drug-likeness (QED) is 0.197. The summed E-state index contributed by atoms with van der Waals surface area (Å²) in [6.45, 7) is 0. The van der Waals surface area contributed by atoms with Crippen molar-refractivity contribution in [2.75, 3.05) is 0 Å². The van der Waals surface area contributed by atoms with Crippen molar-refractivity contribution < 1.29 is 4.42 Å². The second kappa shape index (κ2) is 11.0. The first kappa shape index (κ1) is 27.6. The Morgan fingerprint density at radius 3 is 1.76 bits per heavy atom. The Kier molecular flexibility index (Phi) is 6.21. The molecule has 2 heterocycles. The SMILES string of the molecule is c1ccc(C2=NC(c3ccccc3)NC(c3cccc4oc5ccc(-c6ccc7c8ccccc8c8ccccc8c7c6)cc5c34)=N2)cc1. The van der Waals surface area contributed by atoms with Crippen LogP contribution in [0.25, 0.3) is 65.4 Å². The molecule has 0 radical (unpaired) electrons. The summed E-state index contributed by atoms with van der Waals surface area (Å²) in [5, 5.41) is 13.4. The fraction of sp³-hybridized carbons (Fsp3) is 0.0222. The summed E-state index contributed by atoms with van der Waals surface area (Å²) in [6.07, 6.45) is -0.281. The van der Waals surface area contributed by atoms with E-state index in [4.69, 9.17) is 14.4 Å². The molecule has 1 atom stereocenters. The Bertz CT molecular complexity index is 2760. The molecule has 4 heteroatoms. The number of aliphatic imine (C=N–C) groups is 2. The van der Waals surface area contributed by atoms with Crippen molar-refractivity contribution in [3.05, 3.63) is 180 Å². The van der Waals surface area contributed by atoms with E-state index < -0.39 is 0 Å². The second-order valence-electron chi connectivity index (χ2n) is 12.6. The van der Waals surface area contributed by atoms with Crippen LogP contribution in [0, 0.1) is 0 Å². The molecule has 1 aliphatic rings. The van der Waals surface area contributed by atoms with Gasteiger partial charge < -0.3 is 9.73 Å². The molecule has 0 aliphatic carbocycles. The van der Waals surface area contributed by atoms with Crippen molar-refractivity contribution in [1.29, 1.82) is 0 Å². The molecule has 1 aliphatic heterocycles. The summed E-state index contributed by atoms with van der Waals surface area (Å²) >= 11 is 0. The molecule has 0 spiro atoms. The molecule has 10 rings (SSSR count). The van der Waals surface area contributed by atoms with Crippen LogP contribution in [0.4, 0.5) is 0 Å². The molecular formula is C45H29N3O. The minimum Gasteiger partial charge on any atom is -0.456 e. The molecule has 1 unspecified atom stereocenters. The van der Waals surface area contributed by atoms with Gasteiger partial charge >= 0.3 is 0 Å². The van der Waals surface area contributed by atoms with Gasteiger partial charge in [-0.2, -0.15) is 0 Å². The van der Waals surface area contributed by atoms with Crippen LogP contribution in [0.3, 0.4) is 0 Å².